The van der Waals surface area contributed by atoms with Crippen LogP contribution in [0.4, 0.5) is 5.13 Å². The summed E-state index contributed by atoms with van der Waals surface area (Å²) in [6.07, 6.45) is 3.74. The lowest BCUT2D eigenvalue weighted by Gasteiger charge is -2.30. The van der Waals surface area contributed by atoms with E-state index in [2.05, 4.69) is 11.8 Å². The molecule has 1 atom stereocenters. The van der Waals surface area contributed by atoms with Crippen molar-refractivity contribution >= 4 is 26.3 Å². The molecule has 6 heteroatoms. The molecule has 0 aliphatic carbocycles. The molecule has 4 nitrogen and oxygen atoms in total. The van der Waals surface area contributed by atoms with Crippen molar-refractivity contribution in [2.24, 2.45) is 5.92 Å². The predicted molar refractivity (Wildman–Crippen MR) is 91.3 cm³/mol. The van der Waals surface area contributed by atoms with Gasteiger partial charge in [0.1, 0.15) is 0 Å². The van der Waals surface area contributed by atoms with E-state index in [1.807, 2.05) is 17.5 Å². The first-order valence-corrected chi connectivity index (χ1v) is 10.2. The van der Waals surface area contributed by atoms with Crippen LogP contribution in [0.5, 0.6) is 0 Å². The van der Waals surface area contributed by atoms with Gasteiger partial charge in [0.2, 0.25) is 0 Å². The topological polar surface area (TPSA) is 50.3 Å². The largest absolute Gasteiger partial charge is 0.348 e. The number of anilines is 1. The second-order valence-electron chi connectivity index (χ2n) is 6.01. The Morgan fingerprint density at radius 2 is 2.00 bits per heavy atom. The molecule has 0 N–H and O–H groups in total. The average molecular weight is 336 g/mol. The van der Waals surface area contributed by atoms with Gasteiger partial charge in [0.05, 0.1) is 10.6 Å². The fourth-order valence-electron chi connectivity index (χ4n) is 2.78. The van der Waals surface area contributed by atoms with Crippen LogP contribution in [-0.4, -0.2) is 32.7 Å². The van der Waals surface area contributed by atoms with E-state index >= 15 is 0 Å². The minimum atomic E-state index is -3.15. The summed E-state index contributed by atoms with van der Waals surface area (Å²) in [6, 6.07) is 6.95. The van der Waals surface area contributed by atoms with E-state index in [-0.39, 0.29) is 0 Å². The molecular formula is C16H20N2O2S2. The molecule has 0 spiro atoms. The van der Waals surface area contributed by atoms with Gasteiger partial charge >= 0.3 is 0 Å². The van der Waals surface area contributed by atoms with Crippen molar-refractivity contribution in [3.8, 4) is 11.3 Å². The van der Waals surface area contributed by atoms with E-state index < -0.39 is 9.84 Å². The smallest absolute Gasteiger partial charge is 0.185 e. The first-order valence-electron chi connectivity index (χ1n) is 7.44. The van der Waals surface area contributed by atoms with Crippen molar-refractivity contribution in [2.45, 2.75) is 24.7 Å². The summed E-state index contributed by atoms with van der Waals surface area (Å²) in [5.41, 5.74) is 1.87. The van der Waals surface area contributed by atoms with Gasteiger partial charge in [-0.15, -0.1) is 11.3 Å². The number of thiazole rings is 1. The van der Waals surface area contributed by atoms with Gasteiger partial charge in [-0.1, -0.05) is 19.1 Å². The van der Waals surface area contributed by atoms with Gasteiger partial charge in [-0.25, -0.2) is 13.4 Å². The highest BCUT2D eigenvalue weighted by atomic mass is 32.2. The Bertz CT molecular complexity index is 751. The summed E-state index contributed by atoms with van der Waals surface area (Å²) in [7, 11) is -3.15. The number of hydrogen-bond acceptors (Lipinski definition) is 5. The van der Waals surface area contributed by atoms with Crippen LogP contribution in [0, 0.1) is 5.92 Å². The first kappa shape index (κ1) is 15.5. The van der Waals surface area contributed by atoms with Crippen molar-refractivity contribution in [1.29, 1.82) is 0 Å². The number of rotatable bonds is 3. The minimum Gasteiger partial charge on any atom is -0.348 e. The molecule has 1 unspecified atom stereocenters. The summed E-state index contributed by atoms with van der Waals surface area (Å²) in [4.78, 5) is 7.42. The Kier molecular flexibility index (Phi) is 4.23. The third-order valence-electron chi connectivity index (χ3n) is 4.00. The van der Waals surface area contributed by atoms with Gasteiger partial charge in [0.15, 0.2) is 15.0 Å². The van der Waals surface area contributed by atoms with Crippen LogP contribution in [-0.2, 0) is 9.84 Å². The van der Waals surface area contributed by atoms with E-state index in [1.54, 1.807) is 23.5 Å². The summed E-state index contributed by atoms with van der Waals surface area (Å²) < 4.78 is 23.0. The number of hydrogen-bond donors (Lipinski definition) is 0. The fraction of sp³-hybridized carbons (Fsp3) is 0.438. The van der Waals surface area contributed by atoms with Gasteiger partial charge in [0.25, 0.3) is 0 Å². The number of nitrogens with zero attached hydrogens (tertiary/aromatic N) is 2. The van der Waals surface area contributed by atoms with Gasteiger partial charge in [0, 0.05) is 30.3 Å². The average Bonchev–Trinajstić information content (AvgIpc) is 2.96. The second-order valence-corrected chi connectivity index (χ2v) is 8.86. The van der Waals surface area contributed by atoms with E-state index in [9.17, 15) is 8.42 Å². The first-order chi connectivity index (χ1) is 10.4. The lowest BCUT2D eigenvalue weighted by molar-refractivity contribution is 0.446. The van der Waals surface area contributed by atoms with Crippen molar-refractivity contribution in [3.63, 3.8) is 0 Å². The maximum Gasteiger partial charge on any atom is 0.185 e. The standard InChI is InChI=1S/C16H20N2O2S2/c1-12-4-3-9-18(10-12)16-17-15(11-21-16)13-5-7-14(8-6-13)22(2,19)20/h5-8,11-12H,3-4,9-10H2,1-2H3. The fourth-order valence-corrected chi connectivity index (χ4v) is 4.28. The number of sulfone groups is 1. The Morgan fingerprint density at radius 3 is 2.64 bits per heavy atom. The molecule has 0 radical (unpaired) electrons. The Morgan fingerprint density at radius 1 is 1.27 bits per heavy atom. The third-order valence-corrected chi connectivity index (χ3v) is 6.03. The van der Waals surface area contributed by atoms with Gasteiger partial charge in [-0.3, -0.25) is 0 Å². The molecule has 1 fully saturated rings. The summed E-state index contributed by atoms with van der Waals surface area (Å²) in [6.45, 7) is 4.43. The van der Waals surface area contributed by atoms with Gasteiger partial charge in [-0.05, 0) is 30.9 Å². The van der Waals surface area contributed by atoms with Crippen LogP contribution in [0.15, 0.2) is 34.5 Å². The molecule has 118 valence electrons. The zero-order valence-corrected chi connectivity index (χ0v) is 14.5. The van der Waals surface area contributed by atoms with Crippen molar-refractivity contribution in [2.75, 3.05) is 24.2 Å². The molecule has 1 aliphatic heterocycles. The van der Waals surface area contributed by atoms with Gasteiger partial charge < -0.3 is 4.90 Å². The number of benzene rings is 1. The summed E-state index contributed by atoms with van der Waals surface area (Å²) >= 11 is 1.66. The summed E-state index contributed by atoms with van der Waals surface area (Å²) in [5.74, 6) is 0.718. The van der Waals surface area contributed by atoms with Crippen LogP contribution in [0.3, 0.4) is 0 Å². The monoisotopic (exact) mass is 336 g/mol. The zero-order valence-electron chi connectivity index (χ0n) is 12.8. The molecule has 1 aromatic heterocycles. The van der Waals surface area contributed by atoms with E-state index in [1.165, 1.54) is 19.1 Å². The highest BCUT2D eigenvalue weighted by molar-refractivity contribution is 7.90. The zero-order chi connectivity index (χ0) is 15.7. The minimum absolute atomic E-state index is 0.344. The highest BCUT2D eigenvalue weighted by Gasteiger charge is 2.19. The molecule has 1 saturated heterocycles. The third kappa shape index (κ3) is 3.33. The van der Waals surface area contributed by atoms with Crippen LogP contribution in [0.25, 0.3) is 11.3 Å². The molecule has 3 rings (SSSR count). The molecule has 1 aliphatic rings. The molecular weight excluding hydrogens is 316 g/mol. The summed E-state index contributed by atoms with van der Waals surface area (Å²) in [5, 5.41) is 3.11. The molecule has 2 heterocycles. The maximum absolute atomic E-state index is 11.5. The molecule has 0 amide bonds. The van der Waals surface area contributed by atoms with Crippen LogP contribution >= 0.6 is 11.3 Å². The van der Waals surface area contributed by atoms with Crippen LogP contribution < -0.4 is 4.90 Å². The Labute approximate surface area is 135 Å². The molecule has 0 bridgehead atoms. The number of aromatic nitrogens is 1. The lowest BCUT2D eigenvalue weighted by atomic mass is 10.0. The van der Waals surface area contributed by atoms with Crippen molar-refractivity contribution in [3.05, 3.63) is 29.6 Å². The van der Waals surface area contributed by atoms with Crippen molar-refractivity contribution in [1.82, 2.24) is 4.98 Å². The predicted octanol–water partition coefficient (Wildman–Crippen LogP) is 3.45. The Hall–Kier alpha value is -1.40. The lowest BCUT2D eigenvalue weighted by Crippen LogP contribution is -2.34. The Balaban J connectivity index is 1.81. The molecule has 22 heavy (non-hydrogen) atoms. The number of piperidine rings is 1. The molecule has 0 saturated carbocycles. The SMILES string of the molecule is CC1CCCN(c2nc(-c3ccc(S(C)(=O)=O)cc3)cs2)C1. The van der Waals surface area contributed by atoms with Crippen LogP contribution in [0.2, 0.25) is 0 Å². The van der Waals surface area contributed by atoms with E-state index in [0.29, 0.717) is 4.90 Å². The van der Waals surface area contributed by atoms with Crippen LogP contribution in [0.1, 0.15) is 19.8 Å². The van der Waals surface area contributed by atoms with E-state index in [4.69, 9.17) is 4.98 Å². The van der Waals surface area contributed by atoms with E-state index in [0.717, 1.165) is 35.4 Å². The quantitative estimate of drug-likeness (QED) is 0.861. The maximum atomic E-state index is 11.5. The second kappa shape index (κ2) is 6.01. The molecule has 1 aromatic carbocycles. The van der Waals surface area contributed by atoms with Crippen molar-refractivity contribution < 1.29 is 8.42 Å². The molecule has 2 aromatic rings. The van der Waals surface area contributed by atoms with Gasteiger partial charge in [-0.2, -0.15) is 0 Å². The highest BCUT2D eigenvalue weighted by Crippen LogP contribution is 2.30. The normalized spacial score (nSPS) is 19.4.